The molecule has 0 aliphatic rings. The first-order chi connectivity index (χ1) is 12.5. The molecular weight excluding hydrogens is 322 g/mol. The molecule has 3 rings (SSSR count). The Hall–Kier alpha value is -3.58. The van der Waals surface area contributed by atoms with Crippen molar-refractivity contribution in [2.75, 3.05) is 11.1 Å². The second-order valence-corrected chi connectivity index (χ2v) is 6.04. The van der Waals surface area contributed by atoms with E-state index in [0.717, 1.165) is 22.5 Å². The molecule has 0 unspecified atom stereocenters. The summed E-state index contributed by atoms with van der Waals surface area (Å²) in [6.07, 6.45) is 0. The van der Waals surface area contributed by atoms with E-state index in [0.29, 0.717) is 16.9 Å². The quantitative estimate of drug-likeness (QED) is 0.548. The van der Waals surface area contributed by atoms with Crippen molar-refractivity contribution in [1.82, 2.24) is 4.98 Å². The largest absolute Gasteiger partial charge is 0.399 e. The van der Waals surface area contributed by atoms with Crippen molar-refractivity contribution in [3.05, 3.63) is 88.7 Å². The molecule has 4 heteroatoms. The molecule has 3 N–H and O–H groups in total. The molecule has 2 aromatic carbocycles. The van der Waals surface area contributed by atoms with E-state index in [2.05, 4.69) is 22.1 Å². The molecule has 128 valence electrons. The molecule has 4 nitrogen and oxygen atoms in total. The van der Waals surface area contributed by atoms with Crippen molar-refractivity contribution >= 4 is 17.3 Å². The Labute approximate surface area is 153 Å². The normalized spacial score (nSPS) is 9.92. The molecule has 26 heavy (non-hydrogen) atoms. The Balaban J connectivity index is 1.70. The lowest BCUT2D eigenvalue weighted by atomic mass is 10.1. The predicted octanol–water partition coefficient (Wildman–Crippen LogP) is 3.93. The van der Waals surface area contributed by atoms with E-state index in [-0.39, 0.29) is 5.91 Å². The van der Waals surface area contributed by atoms with E-state index < -0.39 is 0 Å². The molecule has 0 radical (unpaired) electrons. The van der Waals surface area contributed by atoms with Gasteiger partial charge in [0.15, 0.2) is 0 Å². The lowest BCUT2D eigenvalue weighted by Crippen LogP contribution is -2.11. The lowest BCUT2D eigenvalue weighted by molar-refractivity contribution is 0.102. The monoisotopic (exact) mass is 341 g/mol. The summed E-state index contributed by atoms with van der Waals surface area (Å²) in [6, 6.07) is 18.2. The van der Waals surface area contributed by atoms with Crippen LogP contribution in [0.2, 0.25) is 0 Å². The third-order valence-corrected chi connectivity index (χ3v) is 3.75. The Morgan fingerprint density at radius 3 is 2.08 bits per heavy atom. The number of carbonyl (C=O) groups excluding carboxylic acids is 1. The van der Waals surface area contributed by atoms with Crippen molar-refractivity contribution in [2.45, 2.75) is 13.8 Å². The van der Waals surface area contributed by atoms with Gasteiger partial charge in [-0.25, -0.2) is 0 Å². The minimum Gasteiger partial charge on any atom is -0.399 e. The number of nitrogens with one attached hydrogen (secondary N) is 1. The number of anilines is 2. The molecule has 0 atom stereocenters. The zero-order valence-corrected chi connectivity index (χ0v) is 14.7. The number of pyridine rings is 1. The highest BCUT2D eigenvalue weighted by atomic mass is 16.1. The SMILES string of the molecule is Cc1cc(C#Cc2ccc(NC(=O)c3ccc(N)cc3)cc2)cc(C)n1. The van der Waals surface area contributed by atoms with Crippen LogP contribution in [-0.4, -0.2) is 10.9 Å². The molecule has 3 aromatic rings. The first-order valence-electron chi connectivity index (χ1n) is 8.24. The number of benzene rings is 2. The van der Waals surface area contributed by atoms with Gasteiger partial charge in [0.2, 0.25) is 0 Å². The number of rotatable bonds is 2. The molecule has 0 bridgehead atoms. The van der Waals surface area contributed by atoms with Crippen LogP contribution in [0.25, 0.3) is 0 Å². The summed E-state index contributed by atoms with van der Waals surface area (Å²) < 4.78 is 0. The molecule has 0 saturated carbocycles. The van der Waals surface area contributed by atoms with Crippen molar-refractivity contribution in [3.63, 3.8) is 0 Å². The summed E-state index contributed by atoms with van der Waals surface area (Å²) in [5, 5.41) is 2.86. The molecular formula is C22H19N3O. The van der Waals surface area contributed by atoms with Crippen LogP contribution in [-0.2, 0) is 0 Å². The maximum atomic E-state index is 12.2. The maximum absolute atomic E-state index is 12.2. The van der Waals surface area contributed by atoms with Gasteiger partial charge in [0.05, 0.1) is 0 Å². The number of aromatic nitrogens is 1. The maximum Gasteiger partial charge on any atom is 0.255 e. The Kier molecular flexibility index (Phi) is 5.00. The van der Waals surface area contributed by atoms with E-state index in [1.807, 2.05) is 50.2 Å². The number of nitrogens with zero attached hydrogens (tertiary/aromatic N) is 1. The molecule has 0 saturated heterocycles. The average Bonchev–Trinajstić information content (AvgIpc) is 2.61. The fourth-order valence-corrected chi connectivity index (χ4v) is 2.53. The smallest absolute Gasteiger partial charge is 0.255 e. The Bertz CT molecular complexity index is 974. The van der Waals surface area contributed by atoms with Gasteiger partial charge in [0, 0.05) is 39.5 Å². The zero-order chi connectivity index (χ0) is 18.5. The van der Waals surface area contributed by atoms with Crippen LogP contribution < -0.4 is 11.1 Å². The van der Waals surface area contributed by atoms with Gasteiger partial charge in [-0.2, -0.15) is 0 Å². The highest BCUT2D eigenvalue weighted by Gasteiger charge is 2.05. The van der Waals surface area contributed by atoms with E-state index >= 15 is 0 Å². The van der Waals surface area contributed by atoms with Gasteiger partial charge in [-0.1, -0.05) is 11.8 Å². The lowest BCUT2D eigenvalue weighted by Gasteiger charge is -2.05. The molecule has 1 amide bonds. The molecule has 0 fully saturated rings. The van der Waals surface area contributed by atoms with Crippen LogP contribution in [0.4, 0.5) is 11.4 Å². The number of amides is 1. The van der Waals surface area contributed by atoms with Crippen molar-refractivity contribution < 1.29 is 4.79 Å². The van der Waals surface area contributed by atoms with Gasteiger partial charge >= 0.3 is 0 Å². The second-order valence-electron chi connectivity index (χ2n) is 6.04. The second kappa shape index (κ2) is 7.54. The fraction of sp³-hybridized carbons (Fsp3) is 0.0909. The third-order valence-electron chi connectivity index (χ3n) is 3.75. The summed E-state index contributed by atoms with van der Waals surface area (Å²) in [7, 11) is 0. The van der Waals surface area contributed by atoms with E-state index in [9.17, 15) is 4.79 Å². The molecule has 1 heterocycles. The number of hydrogen-bond acceptors (Lipinski definition) is 3. The van der Waals surface area contributed by atoms with Gasteiger partial charge in [-0.3, -0.25) is 9.78 Å². The minimum absolute atomic E-state index is 0.174. The average molecular weight is 341 g/mol. The van der Waals surface area contributed by atoms with Crippen molar-refractivity contribution in [3.8, 4) is 11.8 Å². The van der Waals surface area contributed by atoms with Gasteiger partial charge in [-0.15, -0.1) is 0 Å². The summed E-state index contributed by atoms with van der Waals surface area (Å²) in [5.74, 6) is 6.10. The Morgan fingerprint density at radius 2 is 1.46 bits per heavy atom. The van der Waals surface area contributed by atoms with Gasteiger partial charge in [-0.05, 0) is 74.5 Å². The Morgan fingerprint density at radius 1 is 0.885 bits per heavy atom. The molecule has 0 aliphatic carbocycles. The molecule has 0 spiro atoms. The number of carbonyl (C=O) groups is 1. The van der Waals surface area contributed by atoms with Crippen LogP contribution in [0, 0.1) is 25.7 Å². The number of aryl methyl sites for hydroxylation is 2. The number of nitrogen functional groups attached to an aromatic ring is 1. The van der Waals surface area contributed by atoms with Crippen molar-refractivity contribution in [1.29, 1.82) is 0 Å². The van der Waals surface area contributed by atoms with Gasteiger partial charge < -0.3 is 11.1 Å². The van der Waals surface area contributed by atoms with Crippen molar-refractivity contribution in [2.24, 2.45) is 0 Å². The highest BCUT2D eigenvalue weighted by Crippen LogP contribution is 2.12. The number of nitrogens with two attached hydrogens (primary N) is 1. The van der Waals surface area contributed by atoms with Gasteiger partial charge in [0.25, 0.3) is 5.91 Å². The fourth-order valence-electron chi connectivity index (χ4n) is 2.53. The van der Waals surface area contributed by atoms with E-state index in [1.165, 1.54) is 0 Å². The van der Waals surface area contributed by atoms with Crippen LogP contribution in [0.1, 0.15) is 32.9 Å². The molecule has 0 aliphatic heterocycles. The highest BCUT2D eigenvalue weighted by molar-refractivity contribution is 6.04. The predicted molar refractivity (Wildman–Crippen MR) is 105 cm³/mol. The summed E-state index contributed by atoms with van der Waals surface area (Å²) in [5.41, 5.74) is 11.3. The van der Waals surface area contributed by atoms with E-state index in [1.54, 1.807) is 24.3 Å². The zero-order valence-electron chi connectivity index (χ0n) is 14.7. The van der Waals surface area contributed by atoms with Gasteiger partial charge in [0.1, 0.15) is 0 Å². The summed E-state index contributed by atoms with van der Waals surface area (Å²) in [6.45, 7) is 3.91. The van der Waals surface area contributed by atoms with Crippen LogP contribution in [0.15, 0.2) is 60.7 Å². The minimum atomic E-state index is -0.174. The standard InChI is InChI=1S/C22H19N3O/c1-15-13-18(14-16(2)24-15)4-3-17-5-11-21(12-6-17)25-22(26)19-7-9-20(23)10-8-19/h5-14H,23H2,1-2H3,(H,25,26). The summed E-state index contributed by atoms with van der Waals surface area (Å²) in [4.78, 5) is 16.5. The van der Waals surface area contributed by atoms with Crippen LogP contribution >= 0.6 is 0 Å². The topological polar surface area (TPSA) is 68.0 Å². The number of hydrogen-bond donors (Lipinski definition) is 2. The van der Waals surface area contributed by atoms with E-state index in [4.69, 9.17) is 5.73 Å². The van der Waals surface area contributed by atoms with Crippen LogP contribution in [0.3, 0.4) is 0 Å². The summed E-state index contributed by atoms with van der Waals surface area (Å²) >= 11 is 0. The van der Waals surface area contributed by atoms with Crippen LogP contribution in [0.5, 0.6) is 0 Å². The molecule has 1 aromatic heterocycles. The third kappa shape index (κ3) is 4.49. The first kappa shape index (κ1) is 17.2. The first-order valence-corrected chi connectivity index (χ1v) is 8.24.